The Morgan fingerprint density at radius 2 is 1.62 bits per heavy atom. The molecule has 3 heterocycles. The minimum absolute atomic E-state index is 0.0768. The van der Waals surface area contributed by atoms with Gasteiger partial charge >= 0.3 is 0 Å². The van der Waals surface area contributed by atoms with Crippen molar-refractivity contribution in [3.63, 3.8) is 0 Å². The third-order valence-corrected chi connectivity index (χ3v) is 7.65. The second-order valence-corrected chi connectivity index (χ2v) is 10.3. The van der Waals surface area contributed by atoms with E-state index in [1.54, 1.807) is 12.3 Å². The molecular weight excluding hydrogens is 494 g/mol. The Kier molecular flexibility index (Phi) is 7.56. The number of nitrogens with zero attached hydrogens (tertiary/aromatic N) is 3. The zero-order valence-electron chi connectivity index (χ0n) is 22.7. The number of rotatable bonds is 8. The van der Waals surface area contributed by atoms with Crippen LogP contribution in [0.4, 0.5) is 0 Å². The van der Waals surface area contributed by atoms with Gasteiger partial charge in [-0.05, 0) is 51.9 Å². The van der Waals surface area contributed by atoms with Crippen LogP contribution in [-0.4, -0.2) is 21.0 Å². The van der Waals surface area contributed by atoms with Crippen molar-refractivity contribution in [1.82, 2.24) is 14.5 Å². The van der Waals surface area contributed by atoms with Crippen molar-refractivity contribution in [3.05, 3.63) is 154 Å². The van der Waals surface area contributed by atoms with Crippen LogP contribution in [0.3, 0.4) is 0 Å². The summed E-state index contributed by atoms with van der Waals surface area (Å²) in [6.45, 7) is 4.98. The Hall–Kier alpha value is -4.48. The van der Waals surface area contributed by atoms with Crippen molar-refractivity contribution in [1.29, 1.82) is 0 Å². The van der Waals surface area contributed by atoms with Crippen LogP contribution < -0.4 is 10.2 Å². The molecular formula is C35H33N3O2. The highest BCUT2D eigenvalue weighted by atomic mass is 16.5. The smallest absolute Gasteiger partial charge is 0.223 e. The lowest BCUT2D eigenvalue weighted by Gasteiger charge is -2.39. The zero-order valence-corrected chi connectivity index (χ0v) is 22.7. The SMILES string of the molecule is CCc1ccc(CN2CCn3cc(OCc4ccccc4)c(=O)cc3C2c2cccc(-c3cccnc3)c2)cc1. The number of hydrogen-bond donors (Lipinski definition) is 0. The van der Waals surface area contributed by atoms with E-state index in [1.807, 2.05) is 48.8 Å². The Morgan fingerprint density at radius 3 is 2.40 bits per heavy atom. The van der Waals surface area contributed by atoms with Crippen LogP contribution in [0.25, 0.3) is 11.1 Å². The molecule has 1 aliphatic rings. The lowest BCUT2D eigenvalue weighted by molar-refractivity contribution is 0.171. The molecule has 1 atom stereocenters. The molecule has 3 aromatic carbocycles. The first-order chi connectivity index (χ1) is 19.7. The summed E-state index contributed by atoms with van der Waals surface area (Å²) >= 11 is 0. The van der Waals surface area contributed by atoms with Gasteiger partial charge in [0.15, 0.2) is 5.75 Å². The van der Waals surface area contributed by atoms with Gasteiger partial charge in [-0.2, -0.15) is 0 Å². The molecule has 0 bridgehead atoms. The molecule has 0 aliphatic carbocycles. The van der Waals surface area contributed by atoms with Crippen LogP contribution >= 0.6 is 0 Å². The summed E-state index contributed by atoms with van der Waals surface area (Å²) in [5.41, 5.74) is 7.87. The second-order valence-electron chi connectivity index (χ2n) is 10.3. The molecule has 0 amide bonds. The van der Waals surface area contributed by atoms with Crippen molar-refractivity contribution >= 4 is 0 Å². The number of fused-ring (bicyclic) bond motifs is 1. The van der Waals surface area contributed by atoms with Crippen molar-refractivity contribution < 1.29 is 4.74 Å². The molecule has 2 aromatic heterocycles. The average Bonchev–Trinajstić information content (AvgIpc) is 3.01. The van der Waals surface area contributed by atoms with Gasteiger partial charge in [0.05, 0.1) is 12.2 Å². The molecule has 0 saturated heterocycles. The van der Waals surface area contributed by atoms with Gasteiger partial charge in [-0.25, -0.2) is 0 Å². The molecule has 0 radical (unpaired) electrons. The summed E-state index contributed by atoms with van der Waals surface area (Å²) in [4.78, 5) is 20.1. The van der Waals surface area contributed by atoms with Crippen LogP contribution in [0.2, 0.25) is 0 Å². The summed E-state index contributed by atoms with van der Waals surface area (Å²) in [5.74, 6) is 0.388. The number of pyridine rings is 2. The Balaban J connectivity index is 1.37. The molecule has 1 aliphatic heterocycles. The highest BCUT2D eigenvalue weighted by Crippen LogP contribution is 2.35. The quantitative estimate of drug-likeness (QED) is 0.227. The van der Waals surface area contributed by atoms with Crippen LogP contribution in [0.15, 0.2) is 120 Å². The summed E-state index contributed by atoms with van der Waals surface area (Å²) in [6, 6.07) is 33.2. The van der Waals surface area contributed by atoms with E-state index in [0.717, 1.165) is 54.0 Å². The van der Waals surface area contributed by atoms with Gasteiger partial charge in [0.25, 0.3) is 0 Å². The third kappa shape index (κ3) is 5.61. The highest BCUT2D eigenvalue weighted by molar-refractivity contribution is 5.63. The predicted octanol–water partition coefficient (Wildman–Crippen LogP) is 6.66. The fraction of sp³-hybridized carbons (Fsp3) is 0.200. The maximum absolute atomic E-state index is 13.3. The summed E-state index contributed by atoms with van der Waals surface area (Å²) < 4.78 is 8.19. The first-order valence-electron chi connectivity index (χ1n) is 13.9. The highest BCUT2D eigenvalue weighted by Gasteiger charge is 2.30. The molecule has 5 heteroatoms. The molecule has 5 aromatic rings. The van der Waals surface area contributed by atoms with Crippen molar-refractivity contribution in [2.45, 2.75) is 39.1 Å². The molecule has 200 valence electrons. The van der Waals surface area contributed by atoms with E-state index in [0.29, 0.717) is 12.4 Å². The lowest BCUT2D eigenvalue weighted by Crippen LogP contribution is -2.39. The van der Waals surface area contributed by atoms with Crippen molar-refractivity contribution in [2.24, 2.45) is 0 Å². The fourth-order valence-electron chi connectivity index (χ4n) is 5.48. The Morgan fingerprint density at radius 1 is 0.825 bits per heavy atom. The maximum Gasteiger partial charge on any atom is 0.223 e. The monoisotopic (exact) mass is 527 g/mol. The molecule has 5 nitrogen and oxygen atoms in total. The van der Waals surface area contributed by atoms with E-state index in [9.17, 15) is 4.79 Å². The summed E-state index contributed by atoms with van der Waals surface area (Å²) in [5, 5.41) is 0. The summed E-state index contributed by atoms with van der Waals surface area (Å²) in [6.07, 6.45) is 6.60. The number of benzene rings is 3. The minimum atomic E-state index is -0.0928. The largest absolute Gasteiger partial charge is 0.483 e. The first kappa shape index (κ1) is 25.8. The van der Waals surface area contributed by atoms with Gasteiger partial charge in [-0.1, -0.05) is 85.8 Å². The molecule has 1 unspecified atom stereocenters. The van der Waals surface area contributed by atoms with Crippen LogP contribution in [0.1, 0.15) is 40.9 Å². The normalized spacial score (nSPS) is 15.0. The number of aromatic nitrogens is 2. The van der Waals surface area contributed by atoms with E-state index < -0.39 is 0 Å². The molecule has 0 fully saturated rings. The topological polar surface area (TPSA) is 47.4 Å². The predicted molar refractivity (Wildman–Crippen MR) is 159 cm³/mol. The van der Waals surface area contributed by atoms with E-state index in [4.69, 9.17) is 4.74 Å². The number of aryl methyl sites for hydroxylation is 1. The van der Waals surface area contributed by atoms with Gasteiger partial charge in [-0.15, -0.1) is 0 Å². The van der Waals surface area contributed by atoms with Gasteiger partial charge < -0.3 is 9.30 Å². The van der Waals surface area contributed by atoms with E-state index in [2.05, 4.69) is 76.0 Å². The van der Waals surface area contributed by atoms with E-state index in [-0.39, 0.29) is 11.5 Å². The second kappa shape index (κ2) is 11.7. The number of ether oxygens (including phenoxy) is 1. The van der Waals surface area contributed by atoms with Gasteiger partial charge in [0, 0.05) is 43.8 Å². The van der Waals surface area contributed by atoms with E-state index in [1.165, 1.54) is 11.1 Å². The zero-order chi connectivity index (χ0) is 27.3. The average molecular weight is 528 g/mol. The minimum Gasteiger partial charge on any atom is -0.483 e. The molecule has 0 saturated carbocycles. The Labute approximate surface area is 235 Å². The lowest BCUT2D eigenvalue weighted by atomic mass is 9.94. The summed E-state index contributed by atoms with van der Waals surface area (Å²) in [7, 11) is 0. The van der Waals surface area contributed by atoms with E-state index >= 15 is 0 Å². The van der Waals surface area contributed by atoms with Gasteiger partial charge in [0.1, 0.15) is 6.61 Å². The fourth-order valence-corrected chi connectivity index (χ4v) is 5.48. The van der Waals surface area contributed by atoms with Crippen molar-refractivity contribution in [3.8, 4) is 16.9 Å². The van der Waals surface area contributed by atoms with Crippen LogP contribution in [0, 0.1) is 0 Å². The van der Waals surface area contributed by atoms with Gasteiger partial charge in [-0.3, -0.25) is 14.7 Å². The van der Waals surface area contributed by atoms with Crippen molar-refractivity contribution in [2.75, 3.05) is 6.54 Å². The molecule has 0 N–H and O–H groups in total. The molecule has 40 heavy (non-hydrogen) atoms. The standard InChI is InChI=1S/C35H33N3O2/c1-2-26-13-15-27(16-14-26)23-38-19-18-37-24-34(40-25-28-8-4-3-5-9-28)33(39)21-32(37)35(38)30-11-6-10-29(20-30)31-12-7-17-36-22-31/h3-17,20-22,24,35H,2,18-19,23,25H2,1H3. The van der Waals surface area contributed by atoms with Crippen LogP contribution in [-0.2, 0) is 26.1 Å². The first-order valence-corrected chi connectivity index (χ1v) is 13.9. The maximum atomic E-state index is 13.3. The third-order valence-electron chi connectivity index (χ3n) is 7.65. The molecule has 0 spiro atoms. The number of hydrogen-bond acceptors (Lipinski definition) is 4. The van der Waals surface area contributed by atoms with Gasteiger partial charge in [0.2, 0.25) is 5.43 Å². The Bertz CT molecular complexity index is 1630. The van der Waals surface area contributed by atoms with Crippen LogP contribution in [0.5, 0.6) is 5.75 Å². The molecule has 6 rings (SSSR count).